The number of hydrogen-bond donors (Lipinski definition) is 2. The van der Waals surface area contributed by atoms with E-state index in [0.29, 0.717) is 19.0 Å². The Morgan fingerprint density at radius 2 is 1.92 bits per heavy atom. The van der Waals surface area contributed by atoms with Crippen LogP contribution >= 0.6 is 0 Å². The topological polar surface area (TPSA) is 58.4 Å². The van der Waals surface area contributed by atoms with Crippen LogP contribution in [0.15, 0.2) is 24.3 Å². The molecule has 1 saturated carbocycles. The Kier molecular flexibility index (Phi) is 5.87. The van der Waals surface area contributed by atoms with Crippen molar-refractivity contribution in [1.29, 1.82) is 0 Å². The zero-order valence-electron chi connectivity index (χ0n) is 14.8. The molecule has 1 aromatic rings. The van der Waals surface area contributed by atoms with Crippen LogP contribution in [0.25, 0.3) is 0 Å². The number of alkyl halides is 3. The molecule has 1 aromatic carbocycles. The molecule has 0 radical (unpaired) electrons. The smallest absolute Gasteiger partial charge is 0.352 e. The molecule has 1 unspecified atom stereocenters. The van der Waals surface area contributed by atoms with Crippen molar-refractivity contribution in [3.63, 3.8) is 0 Å². The quantitative estimate of drug-likeness (QED) is 0.839. The maximum atomic E-state index is 12.6. The largest absolute Gasteiger partial charge is 0.416 e. The third-order valence-electron chi connectivity index (χ3n) is 5.60. The molecule has 144 valence electrons. The summed E-state index contributed by atoms with van der Waals surface area (Å²) in [5, 5.41) is 3.14. The van der Waals surface area contributed by atoms with Crippen molar-refractivity contribution in [1.82, 2.24) is 10.2 Å². The summed E-state index contributed by atoms with van der Waals surface area (Å²) in [5.41, 5.74) is 5.98. The molecule has 3 N–H and O–H groups in total. The Hall–Kier alpha value is -1.60. The number of benzene rings is 1. The number of halogens is 3. The predicted octanol–water partition coefficient (Wildman–Crippen LogP) is 2.77. The van der Waals surface area contributed by atoms with Crippen LogP contribution < -0.4 is 11.1 Å². The van der Waals surface area contributed by atoms with E-state index in [1.807, 2.05) is 0 Å². The van der Waals surface area contributed by atoms with Crippen LogP contribution in [-0.4, -0.2) is 36.5 Å². The van der Waals surface area contributed by atoms with Gasteiger partial charge >= 0.3 is 6.18 Å². The van der Waals surface area contributed by atoms with Crippen LogP contribution in [0, 0.1) is 11.8 Å². The minimum absolute atomic E-state index is 0.0314. The van der Waals surface area contributed by atoms with E-state index < -0.39 is 11.7 Å². The first-order valence-corrected chi connectivity index (χ1v) is 9.25. The molecule has 4 nitrogen and oxygen atoms in total. The fourth-order valence-electron chi connectivity index (χ4n) is 4.12. The molecular weight excluding hydrogens is 343 g/mol. The Morgan fingerprint density at radius 3 is 2.58 bits per heavy atom. The molecular formula is C19H26F3N3O. The molecule has 3 rings (SSSR count). The third-order valence-corrected chi connectivity index (χ3v) is 5.60. The van der Waals surface area contributed by atoms with Crippen LogP contribution in [0.3, 0.4) is 0 Å². The van der Waals surface area contributed by atoms with Gasteiger partial charge < -0.3 is 11.1 Å². The highest BCUT2D eigenvalue weighted by atomic mass is 19.4. The number of hydrogen-bond acceptors (Lipinski definition) is 3. The van der Waals surface area contributed by atoms with E-state index in [1.165, 1.54) is 12.1 Å². The summed E-state index contributed by atoms with van der Waals surface area (Å²) in [6, 6.07) is 5.41. The summed E-state index contributed by atoms with van der Waals surface area (Å²) in [7, 11) is 0. The molecule has 1 amide bonds. The summed E-state index contributed by atoms with van der Waals surface area (Å²) in [6.07, 6.45) is -0.435. The fraction of sp³-hybridized carbons (Fsp3) is 0.632. The Labute approximate surface area is 151 Å². The van der Waals surface area contributed by atoms with Crippen molar-refractivity contribution < 1.29 is 18.0 Å². The van der Waals surface area contributed by atoms with Gasteiger partial charge in [0.25, 0.3) is 0 Å². The van der Waals surface area contributed by atoms with E-state index in [4.69, 9.17) is 5.73 Å². The molecule has 1 heterocycles. The number of nitrogens with two attached hydrogens (primary N) is 1. The molecule has 2 fully saturated rings. The van der Waals surface area contributed by atoms with Crippen molar-refractivity contribution in [2.24, 2.45) is 17.6 Å². The Balaban J connectivity index is 1.49. The van der Waals surface area contributed by atoms with Crippen molar-refractivity contribution in [2.75, 3.05) is 19.6 Å². The van der Waals surface area contributed by atoms with Gasteiger partial charge in [0.2, 0.25) is 5.91 Å². The first-order chi connectivity index (χ1) is 12.4. The van der Waals surface area contributed by atoms with E-state index in [2.05, 4.69) is 10.2 Å². The number of nitrogens with one attached hydrogen (secondary N) is 1. The molecule has 7 heteroatoms. The van der Waals surface area contributed by atoms with Crippen LogP contribution in [0.5, 0.6) is 0 Å². The second-order valence-electron chi connectivity index (χ2n) is 7.46. The van der Waals surface area contributed by atoms with Gasteiger partial charge in [0, 0.05) is 31.6 Å². The minimum atomic E-state index is -4.30. The second-order valence-corrected chi connectivity index (χ2v) is 7.46. The lowest BCUT2D eigenvalue weighted by Crippen LogP contribution is -2.42. The van der Waals surface area contributed by atoms with Gasteiger partial charge in [-0.05, 0) is 49.4 Å². The lowest BCUT2D eigenvalue weighted by atomic mass is 9.95. The first kappa shape index (κ1) is 19.2. The van der Waals surface area contributed by atoms with Crippen molar-refractivity contribution in [3.05, 3.63) is 35.4 Å². The van der Waals surface area contributed by atoms with Crippen molar-refractivity contribution >= 4 is 5.91 Å². The molecule has 1 saturated heterocycles. The van der Waals surface area contributed by atoms with E-state index in [-0.39, 0.29) is 17.9 Å². The minimum Gasteiger partial charge on any atom is -0.352 e. The fourth-order valence-corrected chi connectivity index (χ4v) is 4.12. The van der Waals surface area contributed by atoms with E-state index in [1.54, 1.807) is 0 Å². The summed E-state index contributed by atoms with van der Waals surface area (Å²) < 4.78 is 37.9. The van der Waals surface area contributed by atoms with Gasteiger partial charge in [0.05, 0.1) is 5.56 Å². The monoisotopic (exact) mass is 369 g/mol. The van der Waals surface area contributed by atoms with Crippen molar-refractivity contribution in [3.8, 4) is 0 Å². The zero-order valence-corrected chi connectivity index (χ0v) is 14.8. The number of nitrogens with zero attached hydrogens (tertiary/aromatic N) is 1. The van der Waals surface area contributed by atoms with Crippen LogP contribution in [-0.2, 0) is 17.5 Å². The van der Waals surface area contributed by atoms with Crippen molar-refractivity contribution in [2.45, 2.75) is 44.4 Å². The predicted molar refractivity (Wildman–Crippen MR) is 93.2 cm³/mol. The number of likely N-dealkylation sites (tertiary alicyclic amines) is 1. The molecule has 0 spiro atoms. The molecule has 0 aromatic heterocycles. The lowest BCUT2D eigenvalue weighted by Gasteiger charge is -2.21. The number of carbonyl (C=O) groups is 1. The third kappa shape index (κ3) is 4.57. The first-order valence-electron chi connectivity index (χ1n) is 9.25. The average molecular weight is 369 g/mol. The van der Waals surface area contributed by atoms with E-state index >= 15 is 0 Å². The SMILES string of the molecule is NC[C@H]1CCC[C@H]1C(=O)NC1CCN(Cc2ccc(C(F)(F)F)cc2)C1. The molecule has 3 atom stereocenters. The highest BCUT2D eigenvalue weighted by Gasteiger charge is 2.34. The molecule has 2 aliphatic rings. The molecule has 0 bridgehead atoms. The zero-order chi connectivity index (χ0) is 18.7. The van der Waals surface area contributed by atoms with Crippen LogP contribution in [0.1, 0.15) is 36.8 Å². The van der Waals surface area contributed by atoms with E-state index in [0.717, 1.165) is 56.5 Å². The number of carbonyl (C=O) groups excluding carboxylic acids is 1. The average Bonchev–Trinajstić information content (AvgIpc) is 3.23. The van der Waals surface area contributed by atoms with Gasteiger partial charge in [0.1, 0.15) is 0 Å². The van der Waals surface area contributed by atoms with E-state index in [9.17, 15) is 18.0 Å². The van der Waals surface area contributed by atoms with Crippen LogP contribution in [0.4, 0.5) is 13.2 Å². The molecule has 26 heavy (non-hydrogen) atoms. The summed E-state index contributed by atoms with van der Waals surface area (Å²) in [4.78, 5) is 14.6. The maximum Gasteiger partial charge on any atom is 0.416 e. The lowest BCUT2D eigenvalue weighted by molar-refractivity contribution is -0.137. The van der Waals surface area contributed by atoms with Gasteiger partial charge in [-0.3, -0.25) is 9.69 Å². The summed E-state index contributed by atoms with van der Waals surface area (Å²) in [6.45, 7) is 2.71. The van der Waals surface area contributed by atoms with Gasteiger partial charge in [-0.25, -0.2) is 0 Å². The van der Waals surface area contributed by atoms with Gasteiger partial charge in [-0.15, -0.1) is 0 Å². The number of rotatable bonds is 5. The molecule has 1 aliphatic heterocycles. The van der Waals surface area contributed by atoms with Gasteiger partial charge in [-0.2, -0.15) is 13.2 Å². The summed E-state index contributed by atoms with van der Waals surface area (Å²) in [5.74, 6) is 0.433. The number of amides is 1. The second kappa shape index (κ2) is 7.96. The van der Waals surface area contributed by atoms with Crippen LogP contribution in [0.2, 0.25) is 0 Å². The highest BCUT2D eigenvalue weighted by Crippen LogP contribution is 2.31. The maximum absolute atomic E-state index is 12.6. The highest BCUT2D eigenvalue weighted by molar-refractivity contribution is 5.79. The van der Waals surface area contributed by atoms with Gasteiger partial charge in [0.15, 0.2) is 0 Å². The van der Waals surface area contributed by atoms with Gasteiger partial charge in [-0.1, -0.05) is 18.6 Å². The Bertz CT molecular complexity index is 617. The Morgan fingerprint density at radius 1 is 1.19 bits per heavy atom. The standard InChI is InChI=1S/C19H26F3N3O/c20-19(21,22)15-6-4-13(5-7-15)11-25-9-8-16(12-25)24-18(26)17-3-1-2-14(17)10-23/h4-7,14,16-17H,1-3,8-12,23H2,(H,24,26)/t14-,16?,17-/m1/s1. The normalized spacial score (nSPS) is 27.0. The summed E-state index contributed by atoms with van der Waals surface area (Å²) >= 11 is 0. The molecule has 1 aliphatic carbocycles.